The molecule has 2 unspecified atom stereocenters. The normalized spacial score (nSPS) is 13.9. The molecule has 0 aliphatic carbocycles. The molecule has 114 valence electrons. The highest BCUT2D eigenvalue weighted by Gasteiger charge is 2.18. The van der Waals surface area contributed by atoms with Crippen LogP contribution < -0.4 is 11.1 Å². The van der Waals surface area contributed by atoms with Crippen molar-refractivity contribution in [3.05, 3.63) is 0 Å². The highest BCUT2D eigenvalue weighted by atomic mass is 35.5. The van der Waals surface area contributed by atoms with E-state index in [1.165, 1.54) is 0 Å². The van der Waals surface area contributed by atoms with Gasteiger partial charge in [0.25, 0.3) is 0 Å². The molecule has 0 aliphatic rings. The topological polar surface area (TPSA) is 122 Å². The second kappa shape index (κ2) is 8.95. The molecule has 0 saturated carbocycles. The maximum atomic E-state index is 11.2. The van der Waals surface area contributed by atoms with Crippen LogP contribution in [0.25, 0.3) is 0 Å². The second-order valence-corrected chi connectivity index (χ2v) is 5.06. The standard InChI is InChI=1S/C11H22N2O5.ClH/c1-11(2,3)18-10(17)13-6-7(14)4-5-8(12)9(15)16;/h7-8,14H,4-6,12H2,1-3H3,(H,13,17)(H,15,16);1H. The summed E-state index contributed by atoms with van der Waals surface area (Å²) >= 11 is 0. The molecule has 0 saturated heterocycles. The van der Waals surface area contributed by atoms with Gasteiger partial charge in [-0.2, -0.15) is 0 Å². The number of nitrogens with two attached hydrogens (primary N) is 1. The Morgan fingerprint density at radius 2 is 1.84 bits per heavy atom. The first-order valence-corrected chi connectivity index (χ1v) is 5.75. The third-order valence-electron chi connectivity index (χ3n) is 2.01. The lowest BCUT2D eigenvalue weighted by Gasteiger charge is -2.20. The first-order chi connectivity index (χ1) is 8.11. The van der Waals surface area contributed by atoms with Crippen molar-refractivity contribution in [3.8, 4) is 0 Å². The minimum atomic E-state index is -1.11. The molecule has 2 atom stereocenters. The van der Waals surface area contributed by atoms with Gasteiger partial charge in [-0.1, -0.05) is 0 Å². The number of aliphatic hydroxyl groups excluding tert-OH is 1. The largest absolute Gasteiger partial charge is 0.480 e. The molecular formula is C11H23ClN2O5. The number of hydrogen-bond acceptors (Lipinski definition) is 5. The minimum Gasteiger partial charge on any atom is -0.480 e. The Morgan fingerprint density at radius 1 is 1.32 bits per heavy atom. The number of carboxylic acids is 1. The molecule has 0 aromatic carbocycles. The van der Waals surface area contributed by atoms with E-state index >= 15 is 0 Å². The molecule has 0 bridgehead atoms. The summed E-state index contributed by atoms with van der Waals surface area (Å²) in [7, 11) is 0. The number of hydrogen-bond donors (Lipinski definition) is 4. The summed E-state index contributed by atoms with van der Waals surface area (Å²) in [6, 6.07) is -0.999. The molecule has 8 heteroatoms. The van der Waals surface area contributed by atoms with E-state index < -0.39 is 29.8 Å². The highest BCUT2D eigenvalue weighted by Crippen LogP contribution is 2.06. The lowest BCUT2D eigenvalue weighted by Crippen LogP contribution is -2.38. The van der Waals surface area contributed by atoms with Gasteiger partial charge in [-0.15, -0.1) is 12.4 Å². The van der Waals surface area contributed by atoms with Gasteiger partial charge in [0.15, 0.2) is 0 Å². The number of alkyl carbamates (subject to hydrolysis) is 1. The van der Waals surface area contributed by atoms with Gasteiger partial charge in [-0.3, -0.25) is 4.79 Å². The van der Waals surface area contributed by atoms with Crippen LogP contribution in [0.15, 0.2) is 0 Å². The number of carbonyl (C=O) groups excluding carboxylic acids is 1. The van der Waals surface area contributed by atoms with Crippen molar-refractivity contribution in [2.24, 2.45) is 5.73 Å². The number of halogens is 1. The summed E-state index contributed by atoms with van der Waals surface area (Å²) in [5, 5.41) is 20.4. The van der Waals surface area contributed by atoms with Crippen LogP contribution in [0.4, 0.5) is 4.79 Å². The summed E-state index contributed by atoms with van der Waals surface area (Å²) in [6.07, 6.45) is -1.12. The van der Waals surface area contributed by atoms with Crippen LogP contribution in [0.3, 0.4) is 0 Å². The van der Waals surface area contributed by atoms with Gasteiger partial charge in [-0.25, -0.2) is 4.79 Å². The molecule has 1 amide bonds. The van der Waals surface area contributed by atoms with E-state index in [1.54, 1.807) is 20.8 Å². The Morgan fingerprint density at radius 3 is 2.26 bits per heavy atom. The number of nitrogens with one attached hydrogen (secondary N) is 1. The van der Waals surface area contributed by atoms with Gasteiger partial charge < -0.3 is 26.0 Å². The molecule has 19 heavy (non-hydrogen) atoms. The van der Waals surface area contributed by atoms with Crippen molar-refractivity contribution in [1.82, 2.24) is 5.32 Å². The molecule has 0 spiro atoms. The Labute approximate surface area is 118 Å². The van der Waals surface area contributed by atoms with Crippen molar-refractivity contribution in [3.63, 3.8) is 0 Å². The zero-order valence-electron chi connectivity index (χ0n) is 11.4. The van der Waals surface area contributed by atoms with E-state index in [4.69, 9.17) is 15.6 Å². The van der Waals surface area contributed by atoms with Crippen molar-refractivity contribution in [2.75, 3.05) is 6.54 Å². The van der Waals surface area contributed by atoms with E-state index in [0.29, 0.717) is 0 Å². The van der Waals surface area contributed by atoms with Crippen molar-refractivity contribution >= 4 is 24.5 Å². The summed E-state index contributed by atoms with van der Waals surface area (Å²) in [5.41, 5.74) is 4.68. The average molecular weight is 299 g/mol. The summed E-state index contributed by atoms with van der Waals surface area (Å²) in [6.45, 7) is 5.19. The number of rotatable bonds is 6. The Balaban J connectivity index is 0. The first kappa shape index (κ1) is 20.3. The smallest absolute Gasteiger partial charge is 0.407 e. The van der Waals surface area contributed by atoms with E-state index in [0.717, 1.165) is 0 Å². The molecule has 7 nitrogen and oxygen atoms in total. The fraction of sp³-hybridized carbons (Fsp3) is 0.818. The van der Waals surface area contributed by atoms with Gasteiger partial charge in [-0.05, 0) is 33.6 Å². The SMILES string of the molecule is CC(C)(C)OC(=O)NCC(O)CCC(N)C(=O)O.Cl. The van der Waals surface area contributed by atoms with Gasteiger partial charge in [0, 0.05) is 6.54 Å². The Hall–Kier alpha value is -1.05. The number of aliphatic hydroxyl groups is 1. The highest BCUT2D eigenvalue weighted by molar-refractivity contribution is 5.85. The van der Waals surface area contributed by atoms with Crippen LogP contribution in [0, 0.1) is 0 Å². The minimum absolute atomic E-state index is 0. The summed E-state index contributed by atoms with van der Waals surface area (Å²) in [4.78, 5) is 21.7. The fourth-order valence-corrected chi connectivity index (χ4v) is 1.11. The second-order valence-electron chi connectivity index (χ2n) is 5.06. The number of carboxylic acid groups (broad SMARTS) is 1. The van der Waals surface area contributed by atoms with Crippen LogP contribution in [0.5, 0.6) is 0 Å². The number of ether oxygens (including phenoxy) is 1. The summed E-state index contributed by atoms with van der Waals surface area (Å²) in [5.74, 6) is -1.11. The monoisotopic (exact) mass is 298 g/mol. The predicted molar refractivity (Wildman–Crippen MR) is 72.3 cm³/mol. The predicted octanol–water partition coefficient (Wildman–Crippen LogP) is 0.486. The van der Waals surface area contributed by atoms with Crippen LogP contribution >= 0.6 is 12.4 Å². The number of aliphatic carboxylic acids is 1. The maximum absolute atomic E-state index is 11.2. The third kappa shape index (κ3) is 11.8. The van der Waals surface area contributed by atoms with Crippen LogP contribution in [0.1, 0.15) is 33.6 Å². The number of amides is 1. The summed E-state index contributed by atoms with van der Waals surface area (Å²) < 4.78 is 4.97. The lowest BCUT2D eigenvalue weighted by atomic mass is 10.1. The number of carbonyl (C=O) groups is 2. The van der Waals surface area contributed by atoms with Gasteiger partial charge >= 0.3 is 12.1 Å². The molecule has 0 rings (SSSR count). The zero-order chi connectivity index (χ0) is 14.3. The average Bonchev–Trinajstić information content (AvgIpc) is 2.20. The van der Waals surface area contributed by atoms with Gasteiger partial charge in [0.1, 0.15) is 11.6 Å². The van der Waals surface area contributed by atoms with Crippen molar-refractivity contribution < 1.29 is 24.5 Å². The van der Waals surface area contributed by atoms with E-state index in [9.17, 15) is 14.7 Å². The van der Waals surface area contributed by atoms with Crippen molar-refractivity contribution in [1.29, 1.82) is 0 Å². The van der Waals surface area contributed by atoms with Crippen LogP contribution in [0.2, 0.25) is 0 Å². The molecule has 0 aromatic rings. The Bertz CT molecular complexity index is 293. The quantitative estimate of drug-likeness (QED) is 0.566. The Kier molecular flexibility index (Phi) is 9.55. The molecule has 0 radical (unpaired) electrons. The third-order valence-corrected chi connectivity index (χ3v) is 2.01. The van der Waals surface area contributed by atoms with Crippen molar-refractivity contribution in [2.45, 2.75) is 51.4 Å². The molecule has 5 N–H and O–H groups in total. The molecular weight excluding hydrogens is 276 g/mol. The van der Waals surface area contributed by atoms with Crippen LogP contribution in [-0.2, 0) is 9.53 Å². The van der Waals surface area contributed by atoms with Crippen LogP contribution in [-0.4, -0.2) is 46.6 Å². The van der Waals surface area contributed by atoms with E-state index in [1.807, 2.05) is 0 Å². The van der Waals surface area contributed by atoms with E-state index in [2.05, 4.69) is 5.32 Å². The van der Waals surface area contributed by atoms with Gasteiger partial charge in [0.05, 0.1) is 6.10 Å². The molecule has 0 aliphatic heterocycles. The maximum Gasteiger partial charge on any atom is 0.407 e. The first-order valence-electron chi connectivity index (χ1n) is 5.75. The molecule has 0 fully saturated rings. The fourth-order valence-electron chi connectivity index (χ4n) is 1.11. The molecule has 0 heterocycles. The lowest BCUT2D eigenvalue weighted by molar-refractivity contribution is -0.138. The van der Waals surface area contributed by atoms with Gasteiger partial charge in [0.2, 0.25) is 0 Å². The molecule has 0 aromatic heterocycles. The van der Waals surface area contributed by atoms with E-state index in [-0.39, 0.29) is 31.8 Å². The zero-order valence-corrected chi connectivity index (χ0v) is 12.2.